The summed E-state index contributed by atoms with van der Waals surface area (Å²) in [6.45, 7) is 1.83. The zero-order valence-corrected chi connectivity index (χ0v) is 15.4. The number of thiazole rings is 1. The quantitative estimate of drug-likeness (QED) is 0.506. The van der Waals surface area contributed by atoms with Crippen LogP contribution in [-0.4, -0.2) is 15.9 Å². The van der Waals surface area contributed by atoms with Crippen LogP contribution in [0.15, 0.2) is 60.1 Å². The Balaban J connectivity index is 1.60. The standard InChI is InChI=1S/C20H14ClN3OS/c1-12-17(11-14-10-15(21)4-7-18(14)23-12)19(25)24-16-5-2-13(3-6-16)20-22-8-9-26-20/h2-11H,1H3,(H,24,25). The number of hydrogen-bond donors (Lipinski definition) is 1. The molecule has 0 radical (unpaired) electrons. The second kappa shape index (κ2) is 6.86. The lowest BCUT2D eigenvalue weighted by molar-refractivity contribution is 0.102. The summed E-state index contributed by atoms with van der Waals surface area (Å²) in [4.78, 5) is 21.5. The SMILES string of the molecule is Cc1nc2ccc(Cl)cc2cc1C(=O)Nc1ccc(-c2nccs2)cc1. The van der Waals surface area contributed by atoms with Crippen molar-refractivity contribution in [2.24, 2.45) is 0 Å². The molecule has 4 aromatic rings. The molecule has 2 heterocycles. The lowest BCUT2D eigenvalue weighted by Crippen LogP contribution is -2.14. The third-order valence-corrected chi connectivity index (χ3v) is 5.09. The summed E-state index contributed by atoms with van der Waals surface area (Å²) in [7, 11) is 0. The highest BCUT2D eigenvalue weighted by Crippen LogP contribution is 2.24. The molecule has 1 N–H and O–H groups in total. The van der Waals surface area contributed by atoms with Crippen LogP contribution in [0.2, 0.25) is 5.02 Å². The third kappa shape index (κ3) is 3.31. The first-order valence-corrected chi connectivity index (χ1v) is 9.24. The van der Waals surface area contributed by atoms with Gasteiger partial charge in [0.1, 0.15) is 5.01 Å². The van der Waals surface area contributed by atoms with Crippen molar-refractivity contribution < 1.29 is 4.79 Å². The van der Waals surface area contributed by atoms with E-state index in [1.807, 2.05) is 54.8 Å². The van der Waals surface area contributed by atoms with Crippen LogP contribution in [0.3, 0.4) is 0 Å². The first kappa shape index (κ1) is 16.7. The molecule has 0 bridgehead atoms. The zero-order chi connectivity index (χ0) is 18.1. The number of carbonyl (C=O) groups excluding carboxylic acids is 1. The molecule has 0 aliphatic heterocycles. The van der Waals surface area contributed by atoms with Gasteiger partial charge in [0.25, 0.3) is 5.91 Å². The largest absolute Gasteiger partial charge is 0.322 e. The summed E-state index contributed by atoms with van der Waals surface area (Å²) in [6, 6.07) is 14.9. The molecule has 0 unspecified atom stereocenters. The van der Waals surface area contributed by atoms with Crippen LogP contribution >= 0.6 is 22.9 Å². The van der Waals surface area contributed by atoms with E-state index in [0.29, 0.717) is 16.3 Å². The highest BCUT2D eigenvalue weighted by molar-refractivity contribution is 7.13. The average Bonchev–Trinajstić information content (AvgIpc) is 3.17. The Morgan fingerprint density at radius 2 is 1.92 bits per heavy atom. The summed E-state index contributed by atoms with van der Waals surface area (Å²) in [5, 5.41) is 7.27. The summed E-state index contributed by atoms with van der Waals surface area (Å²) in [5.41, 5.74) is 3.77. The highest BCUT2D eigenvalue weighted by atomic mass is 35.5. The Kier molecular flexibility index (Phi) is 4.41. The number of aromatic nitrogens is 2. The normalized spacial score (nSPS) is 10.8. The lowest BCUT2D eigenvalue weighted by Gasteiger charge is -2.09. The number of halogens is 1. The molecule has 0 saturated carbocycles. The number of anilines is 1. The number of hydrogen-bond acceptors (Lipinski definition) is 4. The van der Waals surface area contributed by atoms with Crippen molar-refractivity contribution in [2.45, 2.75) is 6.92 Å². The van der Waals surface area contributed by atoms with Gasteiger partial charge in [-0.3, -0.25) is 9.78 Å². The number of aryl methyl sites for hydroxylation is 1. The first-order valence-electron chi connectivity index (χ1n) is 7.98. The second-order valence-electron chi connectivity index (χ2n) is 5.83. The number of pyridine rings is 1. The number of rotatable bonds is 3. The van der Waals surface area contributed by atoms with Crippen molar-refractivity contribution >= 4 is 45.4 Å². The molecule has 0 spiro atoms. The molecule has 26 heavy (non-hydrogen) atoms. The van der Waals surface area contributed by atoms with Crippen LogP contribution in [0.5, 0.6) is 0 Å². The minimum Gasteiger partial charge on any atom is -0.322 e. The van der Waals surface area contributed by atoms with Gasteiger partial charge in [-0.25, -0.2) is 4.98 Å². The Morgan fingerprint density at radius 3 is 2.65 bits per heavy atom. The van der Waals surface area contributed by atoms with Crippen molar-refractivity contribution in [2.75, 3.05) is 5.32 Å². The number of carbonyl (C=O) groups is 1. The van der Waals surface area contributed by atoms with Crippen LogP contribution in [0.25, 0.3) is 21.5 Å². The Labute approximate surface area is 159 Å². The van der Waals surface area contributed by atoms with Gasteiger partial charge < -0.3 is 5.32 Å². The molecule has 0 atom stereocenters. The zero-order valence-electron chi connectivity index (χ0n) is 13.9. The van der Waals surface area contributed by atoms with E-state index in [2.05, 4.69) is 15.3 Å². The topological polar surface area (TPSA) is 54.9 Å². The van der Waals surface area contributed by atoms with E-state index in [-0.39, 0.29) is 5.91 Å². The molecule has 2 aromatic carbocycles. The Bertz CT molecular complexity index is 1090. The third-order valence-electron chi connectivity index (χ3n) is 4.03. The van der Waals surface area contributed by atoms with Crippen molar-refractivity contribution in [3.8, 4) is 10.6 Å². The molecule has 0 aliphatic carbocycles. The maximum atomic E-state index is 12.7. The molecule has 4 rings (SSSR count). The number of benzene rings is 2. The predicted molar refractivity (Wildman–Crippen MR) is 107 cm³/mol. The van der Waals surface area contributed by atoms with Gasteiger partial charge in [-0.15, -0.1) is 11.3 Å². The number of nitrogens with one attached hydrogen (secondary N) is 1. The second-order valence-corrected chi connectivity index (χ2v) is 7.16. The van der Waals surface area contributed by atoms with Gasteiger partial charge in [-0.2, -0.15) is 0 Å². The van der Waals surface area contributed by atoms with Gasteiger partial charge >= 0.3 is 0 Å². The number of fused-ring (bicyclic) bond motifs is 1. The van der Waals surface area contributed by atoms with E-state index in [0.717, 1.165) is 27.2 Å². The molecular weight excluding hydrogens is 366 g/mol. The van der Waals surface area contributed by atoms with Crippen molar-refractivity contribution in [3.63, 3.8) is 0 Å². The monoisotopic (exact) mass is 379 g/mol. The fourth-order valence-electron chi connectivity index (χ4n) is 2.73. The van der Waals surface area contributed by atoms with Gasteiger partial charge in [0.15, 0.2) is 0 Å². The molecular formula is C20H14ClN3OS. The van der Waals surface area contributed by atoms with Crippen LogP contribution in [0.1, 0.15) is 16.1 Å². The van der Waals surface area contributed by atoms with Gasteiger partial charge in [0.05, 0.1) is 16.8 Å². The summed E-state index contributed by atoms with van der Waals surface area (Å²) < 4.78 is 0. The van der Waals surface area contributed by atoms with Crippen molar-refractivity contribution in [1.82, 2.24) is 9.97 Å². The molecule has 0 saturated heterocycles. The van der Waals surface area contributed by atoms with Gasteiger partial charge in [-0.1, -0.05) is 11.6 Å². The van der Waals surface area contributed by atoms with E-state index in [1.165, 1.54) is 0 Å². The van der Waals surface area contributed by atoms with E-state index in [1.54, 1.807) is 23.6 Å². The summed E-state index contributed by atoms with van der Waals surface area (Å²) in [5.74, 6) is -0.195. The summed E-state index contributed by atoms with van der Waals surface area (Å²) >= 11 is 7.62. The molecule has 4 nitrogen and oxygen atoms in total. The fraction of sp³-hybridized carbons (Fsp3) is 0.0500. The van der Waals surface area contributed by atoms with Crippen molar-refractivity contribution in [3.05, 3.63) is 76.4 Å². The van der Waals surface area contributed by atoms with Crippen LogP contribution in [-0.2, 0) is 0 Å². The maximum absolute atomic E-state index is 12.7. The fourth-order valence-corrected chi connectivity index (χ4v) is 3.56. The smallest absolute Gasteiger partial charge is 0.257 e. The van der Waals surface area contributed by atoms with Crippen LogP contribution in [0, 0.1) is 6.92 Å². The van der Waals surface area contributed by atoms with Crippen LogP contribution in [0.4, 0.5) is 5.69 Å². The van der Waals surface area contributed by atoms with E-state index in [4.69, 9.17) is 11.6 Å². The van der Waals surface area contributed by atoms with Crippen LogP contribution < -0.4 is 5.32 Å². The maximum Gasteiger partial charge on any atom is 0.257 e. The Morgan fingerprint density at radius 1 is 1.12 bits per heavy atom. The van der Waals surface area contributed by atoms with Gasteiger partial charge in [0.2, 0.25) is 0 Å². The molecule has 0 aliphatic rings. The van der Waals surface area contributed by atoms with Crippen molar-refractivity contribution in [1.29, 1.82) is 0 Å². The van der Waals surface area contributed by atoms with E-state index >= 15 is 0 Å². The van der Waals surface area contributed by atoms with Gasteiger partial charge in [-0.05, 0) is 55.5 Å². The van der Waals surface area contributed by atoms with Gasteiger partial charge in [0, 0.05) is 33.2 Å². The predicted octanol–water partition coefficient (Wildman–Crippen LogP) is 5.57. The molecule has 128 valence electrons. The molecule has 1 amide bonds. The highest BCUT2D eigenvalue weighted by Gasteiger charge is 2.12. The lowest BCUT2D eigenvalue weighted by atomic mass is 10.1. The molecule has 6 heteroatoms. The molecule has 2 aromatic heterocycles. The average molecular weight is 380 g/mol. The minimum atomic E-state index is -0.195. The Hall–Kier alpha value is -2.76. The molecule has 0 fully saturated rings. The first-order chi connectivity index (χ1) is 12.6. The minimum absolute atomic E-state index is 0.195. The van der Waals surface area contributed by atoms with E-state index in [9.17, 15) is 4.79 Å². The van der Waals surface area contributed by atoms with E-state index < -0.39 is 0 Å². The summed E-state index contributed by atoms with van der Waals surface area (Å²) in [6.07, 6.45) is 1.78. The number of nitrogens with zero attached hydrogens (tertiary/aromatic N) is 2. The number of amides is 1.